The molecule has 0 aliphatic heterocycles. The molecular formula is C10H15N3S. The van der Waals surface area contributed by atoms with E-state index in [0.29, 0.717) is 0 Å². The Morgan fingerprint density at radius 3 is 2.64 bits per heavy atom. The second kappa shape index (κ2) is 5.57. The predicted molar refractivity (Wildman–Crippen MR) is 62.0 cm³/mol. The maximum Gasteiger partial charge on any atom is 0.0835 e. The van der Waals surface area contributed by atoms with Gasteiger partial charge in [-0.15, -0.1) is 11.8 Å². The van der Waals surface area contributed by atoms with E-state index >= 15 is 0 Å². The molecule has 0 saturated heterocycles. The van der Waals surface area contributed by atoms with Crippen molar-refractivity contribution in [1.82, 2.24) is 5.01 Å². The van der Waals surface area contributed by atoms with Gasteiger partial charge in [-0.2, -0.15) is 0 Å². The first kappa shape index (κ1) is 10.9. The number of nitrogens with two attached hydrogens (primary N) is 2. The molecule has 76 valence electrons. The number of hydrogen-bond donors (Lipinski definition) is 2. The molecule has 0 bridgehead atoms. The summed E-state index contributed by atoms with van der Waals surface area (Å²) in [5.74, 6) is 6.30. The van der Waals surface area contributed by atoms with Crippen LogP contribution in [0.4, 0.5) is 0 Å². The molecule has 1 aromatic carbocycles. The monoisotopic (exact) mass is 209 g/mol. The first-order chi connectivity index (χ1) is 6.68. The van der Waals surface area contributed by atoms with Crippen molar-refractivity contribution in [1.29, 1.82) is 0 Å². The standard InChI is InChI=1S/C10H15N3S/c1-13(12)7-10(11)14-8-9-5-3-2-4-6-9/h2-7H,8,11-12H2,1H3/b10-7+. The highest BCUT2D eigenvalue weighted by Gasteiger charge is 1.94. The van der Waals surface area contributed by atoms with E-state index in [1.54, 1.807) is 25.0 Å². The maximum absolute atomic E-state index is 5.72. The highest BCUT2D eigenvalue weighted by molar-refractivity contribution is 8.02. The third-order valence-corrected chi connectivity index (χ3v) is 2.50. The lowest BCUT2D eigenvalue weighted by molar-refractivity contribution is 0.483. The lowest BCUT2D eigenvalue weighted by atomic mass is 10.2. The average molecular weight is 209 g/mol. The molecule has 4 N–H and O–H groups in total. The Morgan fingerprint density at radius 1 is 1.43 bits per heavy atom. The Labute approximate surface area is 88.7 Å². The lowest BCUT2D eigenvalue weighted by Crippen LogP contribution is -2.20. The summed E-state index contributed by atoms with van der Waals surface area (Å²) in [4.78, 5) is 0. The van der Waals surface area contributed by atoms with Gasteiger partial charge in [-0.25, -0.2) is 5.84 Å². The van der Waals surface area contributed by atoms with E-state index in [2.05, 4.69) is 12.1 Å². The minimum Gasteiger partial charge on any atom is -0.392 e. The summed E-state index contributed by atoms with van der Waals surface area (Å²) in [6, 6.07) is 10.2. The predicted octanol–water partition coefficient (Wildman–Crippen LogP) is 1.48. The van der Waals surface area contributed by atoms with Crippen LogP contribution in [0.3, 0.4) is 0 Å². The van der Waals surface area contributed by atoms with Crippen LogP contribution in [0.25, 0.3) is 0 Å². The SMILES string of the molecule is CN(N)/C=C(\N)SCc1ccccc1. The molecule has 0 aliphatic carbocycles. The molecule has 0 aliphatic rings. The Hall–Kier alpha value is -1.13. The molecule has 3 nitrogen and oxygen atoms in total. The molecule has 1 aromatic rings. The Kier molecular flexibility index (Phi) is 4.35. The highest BCUT2D eigenvalue weighted by atomic mass is 32.2. The lowest BCUT2D eigenvalue weighted by Gasteiger charge is -2.07. The van der Waals surface area contributed by atoms with E-state index < -0.39 is 0 Å². The van der Waals surface area contributed by atoms with Crippen LogP contribution >= 0.6 is 11.8 Å². The average Bonchev–Trinajstić information content (AvgIpc) is 2.15. The molecule has 0 heterocycles. The van der Waals surface area contributed by atoms with Crippen molar-refractivity contribution in [3.8, 4) is 0 Å². The van der Waals surface area contributed by atoms with Crippen molar-refractivity contribution in [3.63, 3.8) is 0 Å². The third-order valence-electron chi connectivity index (χ3n) is 1.58. The Morgan fingerprint density at radius 2 is 2.07 bits per heavy atom. The zero-order chi connectivity index (χ0) is 10.4. The summed E-state index contributed by atoms with van der Waals surface area (Å²) in [5.41, 5.74) is 6.98. The first-order valence-corrected chi connectivity index (χ1v) is 5.28. The van der Waals surface area contributed by atoms with Crippen LogP contribution in [0.15, 0.2) is 41.6 Å². The maximum atomic E-state index is 5.72. The summed E-state index contributed by atoms with van der Waals surface area (Å²) < 4.78 is 0. The Balaban J connectivity index is 2.42. The minimum atomic E-state index is 0.721. The summed E-state index contributed by atoms with van der Waals surface area (Å²) in [6.07, 6.45) is 1.70. The fourth-order valence-electron chi connectivity index (χ4n) is 0.979. The second-order valence-corrected chi connectivity index (χ2v) is 4.02. The fraction of sp³-hybridized carbons (Fsp3) is 0.200. The molecule has 0 saturated carbocycles. The van der Waals surface area contributed by atoms with Crippen molar-refractivity contribution in [2.45, 2.75) is 5.75 Å². The van der Waals surface area contributed by atoms with Gasteiger partial charge in [-0.05, 0) is 5.56 Å². The molecular weight excluding hydrogens is 194 g/mol. The van der Waals surface area contributed by atoms with Crippen LogP contribution in [-0.4, -0.2) is 12.1 Å². The first-order valence-electron chi connectivity index (χ1n) is 4.30. The number of nitrogens with zero attached hydrogens (tertiary/aromatic N) is 1. The summed E-state index contributed by atoms with van der Waals surface area (Å²) in [6.45, 7) is 0. The molecule has 0 radical (unpaired) electrons. The van der Waals surface area contributed by atoms with Gasteiger partial charge in [-0.1, -0.05) is 30.3 Å². The molecule has 0 aromatic heterocycles. The highest BCUT2D eigenvalue weighted by Crippen LogP contribution is 2.16. The van der Waals surface area contributed by atoms with Gasteiger partial charge >= 0.3 is 0 Å². The Bertz CT molecular complexity index is 295. The number of rotatable bonds is 4. The van der Waals surface area contributed by atoms with Gasteiger partial charge in [0.2, 0.25) is 0 Å². The topological polar surface area (TPSA) is 55.3 Å². The van der Waals surface area contributed by atoms with Gasteiger partial charge in [-0.3, -0.25) is 0 Å². The van der Waals surface area contributed by atoms with Crippen LogP contribution in [-0.2, 0) is 5.75 Å². The number of hydrazine groups is 1. The molecule has 1 rings (SSSR count). The molecule has 0 fully saturated rings. The van der Waals surface area contributed by atoms with Crippen LogP contribution in [0.2, 0.25) is 0 Å². The molecule has 0 atom stereocenters. The second-order valence-electron chi connectivity index (χ2n) is 2.97. The van der Waals surface area contributed by atoms with Crippen LogP contribution in [0.5, 0.6) is 0 Å². The normalized spacial score (nSPS) is 11.4. The van der Waals surface area contributed by atoms with E-state index in [1.165, 1.54) is 10.6 Å². The van der Waals surface area contributed by atoms with E-state index in [-0.39, 0.29) is 0 Å². The van der Waals surface area contributed by atoms with Crippen molar-refractivity contribution in [2.24, 2.45) is 11.6 Å². The van der Waals surface area contributed by atoms with Gasteiger partial charge in [0.1, 0.15) is 0 Å². The van der Waals surface area contributed by atoms with Crippen molar-refractivity contribution in [3.05, 3.63) is 47.1 Å². The van der Waals surface area contributed by atoms with Gasteiger partial charge in [0.15, 0.2) is 0 Å². The number of thioether (sulfide) groups is 1. The molecule has 0 unspecified atom stereocenters. The van der Waals surface area contributed by atoms with E-state index in [1.807, 2.05) is 18.2 Å². The number of hydrogen-bond acceptors (Lipinski definition) is 4. The smallest absolute Gasteiger partial charge is 0.0835 e. The van der Waals surface area contributed by atoms with E-state index in [0.717, 1.165) is 10.8 Å². The molecule has 0 spiro atoms. The van der Waals surface area contributed by atoms with Crippen molar-refractivity contribution in [2.75, 3.05) is 7.05 Å². The minimum absolute atomic E-state index is 0.721. The van der Waals surface area contributed by atoms with Crippen molar-refractivity contribution < 1.29 is 0 Å². The van der Waals surface area contributed by atoms with E-state index in [4.69, 9.17) is 11.6 Å². The van der Waals surface area contributed by atoms with Crippen molar-refractivity contribution >= 4 is 11.8 Å². The van der Waals surface area contributed by atoms with Crippen LogP contribution < -0.4 is 11.6 Å². The molecule has 14 heavy (non-hydrogen) atoms. The number of benzene rings is 1. The van der Waals surface area contributed by atoms with Gasteiger partial charge in [0.05, 0.1) is 5.03 Å². The summed E-state index contributed by atoms with van der Waals surface area (Å²) >= 11 is 1.58. The zero-order valence-electron chi connectivity index (χ0n) is 8.18. The fourth-order valence-corrected chi connectivity index (χ4v) is 1.75. The van der Waals surface area contributed by atoms with Gasteiger partial charge < -0.3 is 10.7 Å². The molecule has 0 amide bonds. The van der Waals surface area contributed by atoms with E-state index in [9.17, 15) is 0 Å². The zero-order valence-corrected chi connectivity index (χ0v) is 9.00. The van der Waals surface area contributed by atoms with Crippen LogP contribution in [0, 0.1) is 0 Å². The summed E-state index contributed by atoms with van der Waals surface area (Å²) in [5, 5.41) is 2.17. The van der Waals surface area contributed by atoms with Gasteiger partial charge in [0, 0.05) is 19.0 Å². The third kappa shape index (κ3) is 4.20. The summed E-state index contributed by atoms with van der Waals surface area (Å²) in [7, 11) is 1.75. The quantitative estimate of drug-likeness (QED) is 0.582. The van der Waals surface area contributed by atoms with Crippen LogP contribution in [0.1, 0.15) is 5.56 Å². The molecule has 4 heteroatoms. The van der Waals surface area contributed by atoms with Gasteiger partial charge in [0.25, 0.3) is 0 Å². The largest absolute Gasteiger partial charge is 0.392 e.